The number of hydrogen-bond acceptors (Lipinski definition) is 4. The van der Waals surface area contributed by atoms with Crippen molar-refractivity contribution in [2.75, 3.05) is 6.26 Å². The fraction of sp³-hybridized carbons (Fsp3) is 0.944. The van der Waals surface area contributed by atoms with Crippen molar-refractivity contribution < 1.29 is 23.4 Å². The molecule has 2 N–H and O–H groups in total. The van der Waals surface area contributed by atoms with Crippen LogP contribution >= 0.6 is 0 Å². The number of rotatable bonds is 16. The highest BCUT2D eigenvalue weighted by atomic mass is 32.2. The molecule has 6 heteroatoms. The van der Waals surface area contributed by atoms with Gasteiger partial charge < -0.3 is 10.2 Å². The van der Waals surface area contributed by atoms with E-state index in [0.29, 0.717) is 25.7 Å². The molecule has 0 aromatic carbocycles. The highest BCUT2D eigenvalue weighted by molar-refractivity contribution is 7.91. The molecular weight excluding hydrogens is 328 g/mol. The smallest absolute Gasteiger partial charge is 0.303 e. The fourth-order valence-corrected chi connectivity index (χ4v) is 4.12. The zero-order valence-corrected chi connectivity index (χ0v) is 16.2. The SMILES string of the molecule is CCCCC[C@H](O)CCC[C@@H](CCCCCCC(=O)O)S(C)(=O)=O. The van der Waals surface area contributed by atoms with Crippen molar-refractivity contribution in [2.24, 2.45) is 0 Å². The number of hydrogen-bond donors (Lipinski definition) is 2. The van der Waals surface area contributed by atoms with Crippen molar-refractivity contribution in [2.45, 2.75) is 102 Å². The topological polar surface area (TPSA) is 91.7 Å². The molecule has 0 bridgehead atoms. The van der Waals surface area contributed by atoms with Gasteiger partial charge in [0.05, 0.1) is 11.4 Å². The van der Waals surface area contributed by atoms with E-state index in [9.17, 15) is 18.3 Å². The number of aliphatic carboxylic acids is 1. The van der Waals surface area contributed by atoms with Gasteiger partial charge in [0.15, 0.2) is 0 Å². The first-order valence-corrected chi connectivity index (χ1v) is 11.3. The molecule has 0 saturated carbocycles. The van der Waals surface area contributed by atoms with Crippen molar-refractivity contribution in [3.05, 3.63) is 0 Å². The zero-order chi connectivity index (χ0) is 18.4. The molecule has 0 fully saturated rings. The van der Waals surface area contributed by atoms with Gasteiger partial charge in [-0.1, -0.05) is 45.4 Å². The van der Waals surface area contributed by atoms with Gasteiger partial charge in [-0.3, -0.25) is 4.79 Å². The average Bonchev–Trinajstić information content (AvgIpc) is 2.47. The number of sulfone groups is 1. The Hall–Kier alpha value is -0.620. The molecule has 144 valence electrons. The van der Waals surface area contributed by atoms with Gasteiger partial charge in [0, 0.05) is 12.7 Å². The van der Waals surface area contributed by atoms with Gasteiger partial charge in [-0.15, -0.1) is 0 Å². The van der Waals surface area contributed by atoms with Gasteiger partial charge in [-0.2, -0.15) is 0 Å². The normalized spacial score (nSPS) is 14.5. The molecule has 0 rings (SSSR count). The molecule has 0 heterocycles. The Morgan fingerprint density at radius 3 is 2.00 bits per heavy atom. The Morgan fingerprint density at radius 1 is 0.875 bits per heavy atom. The average molecular weight is 365 g/mol. The minimum absolute atomic E-state index is 0.186. The number of carbonyl (C=O) groups is 1. The van der Waals surface area contributed by atoms with Crippen LogP contribution in [0.1, 0.15) is 90.4 Å². The van der Waals surface area contributed by atoms with Crippen LogP contribution in [0, 0.1) is 0 Å². The number of aliphatic hydroxyl groups is 1. The van der Waals surface area contributed by atoms with Crippen LogP contribution in [0.5, 0.6) is 0 Å². The highest BCUT2D eigenvalue weighted by Crippen LogP contribution is 2.19. The van der Waals surface area contributed by atoms with Crippen molar-refractivity contribution in [1.82, 2.24) is 0 Å². The second kappa shape index (κ2) is 13.6. The molecule has 0 amide bonds. The predicted octanol–water partition coefficient (Wildman–Crippen LogP) is 3.94. The van der Waals surface area contributed by atoms with E-state index in [0.717, 1.165) is 51.4 Å². The van der Waals surface area contributed by atoms with Crippen LogP contribution in [-0.2, 0) is 14.6 Å². The van der Waals surface area contributed by atoms with Gasteiger partial charge in [0.2, 0.25) is 0 Å². The lowest BCUT2D eigenvalue weighted by molar-refractivity contribution is -0.137. The third kappa shape index (κ3) is 13.8. The fourth-order valence-electron chi connectivity index (χ4n) is 2.93. The van der Waals surface area contributed by atoms with Crippen LogP contribution in [0.3, 0.4) is 0 Å². The van der Waals surface area contributed by atoms with Crippen LogP contribution in [-0.4, -0.2) is 42.2 Å². The number of aliphatic hydroxyl groups excluding tert-OH is 1. The van der Waals surface area contributed by atoms with Gasteiger partial charge in [0.25, 0.3) is 0 Å². The summed E-state index contributed by atoms with van der Waals surface area (Å²) in [5, 5.41) is 18.2. The molecule has 2 atom stereocenters. The molecule has 0 unspecified atom stereocenters. The van der Waals surface area contributed by atoms with Crippen LogP contribution in [0.4, 0.5) is 0 Å². The predicted molar refractivity (Wildman–Crippen MR) is 98.0 cm³/mol. The van der Waals surface area contributed by atoms with E-state index in [1.54, 1.807) is 0 Å². The summed E-state index contributed by atoms with van der Waals surface area (Å²) >= 11 is 0. The van der Waals surface area contributed by atoms with E-state index in [2.05, 4.69) is 6.92 Å². The second-order valence-electron chi connectivity index (χ2n) is 6.88. The summed E-state index contributed by atoms with van der Waals surface area (Å²) in [6.45, 7) is 2.13. The molecule has 0 aromatic heterocycles. The highest BCUT2D eigenvalue weighted by Gasteiger charge is 2.20. The summed E-state index contributed by atoms with van der Waals surface area (Å²) in [5.41, 5.74) is 0. The first-order chi connectivity index (χ1) is 11.3. The van der Waals surface area contributed by atoms with Crippen LogP contribution in [0.15, 0.2) is 0 Å². The van der Waals surface area contributed by atoms with Gasteiger partial charge in [-0.25, -0.2) is 8.42 Å². The van der Waals surface area contributed by atoms with Crippen molar-refractivity contribution in [1.29, 1.82) is 0 Å². The summed E-state index contributed by atoms with van der Waals surface area (Å²) in [4.78, 5) is 10.4. The molecule has 0 radical (unpaired) electrons. The van der Waals surface area contributed by atoms with Crippen molar-refractivity contribution >= 4 is 15.8 Å². The molecule has 0 spiro atoms. The molecule has 0 aliphatic carbocycles. The number of unbranched alkanes of at least 4 members (excludes halogenated alkanes) is 5. The molecule has 0 saturated heterocycles. The Kier molecular flexibility index (Phi) is 13.3. The summed E-state index contributed by atoms with van der Waals surface area (Å²) in [6.07, 6.45) is 11.1. The molecule has 0 aliphatic rings. The molecular formula is C18H36O5S. The van der Waals surface area contributed by atoms with Crippen molar-refractivity contribution in [3.8, 4) is 0 Å². The maximum absolute atomic E-state index is 11.9. The summed E-state index contributed by atoms with van der Waals surface area (Å²) in [6, 6.07) is 0. The third-order valence-corrected chi connectivity index (χ3v) is 6.16. The van der Waals surface area contributed by atoms with E-state index in [1.165, 1.54) is 6.26 Å². The quantitative estimate of drug-likeness (QED) is 0.405. The molecule has 0 aromatic rings. The first-order valence-electron chi connectivity index (χ1n) is 9.36. The largest absolute Gasteiger partial charge is 0.481 e. The second-order valence-corrected chi connectivity index (χ2v) is 9.20. The Morgan fingerprint density at radius 2 is 1.42 bits per heavy atom. The Bertz CT molecular complexity index is 419. The standard InChI is InChI=1S/C18H36O5S/c1-3-4-7-11-16(19)12-10-14-17(24(2,22)23)13-8-5-6-9-15-18(20)21/h16-17,19H,3-15H2,1-2H3,(H,20,21)/t16-,17+/m0/s1. The van der Waals surface area contributed by atoms with E-state index in [-0.39, 0.29) is 17.8 Å². The zero-order valence-electron chi connectivity index (χ0n) is 15.4. The van der Waals surface area contributed by atoms with E-state index < -0.39 is 15.8 Å². The molecule has 24 heavy (non-hydrogen) atoms. The lowest BCUT2D eigenvalue weighted by Gasteiger charge is -2.16. The number of carboxylic acids is 1. The summed E-state index contributed by atoms with van der Waals surface area (Å²) in [7, 11) is -3.07. The van der Waals surface area contributed by atoms with E-state index in [4.69, 9.17) is 5.11 Å². The monoisotopic (exact) mass is 364 g/mol. The Labute approximate surface area is 147 Å². The maximum Gasteiger partial charge on any atom is 0.303 e. The van der Waals surface area contributed by atoms with Gasteiger partial charge in [-0.05, 0) is 38.5 Å². The lowest BCUT2D eigenvalue weighted by Crippen LogP contribution is -2.20. The van der Waals surface area contributed by atoms with Crippen LogP contribution < -0.4 is 0 Å². The Balaban J connectivity index is 3.96. The third-order valence-electron chi connectivity index (χ3n) is 4.48. The maximum atomic E-state index is 11.9. The van der Waals surface area contributed by atoms with Crippen LogP contribution in [0.2, 0.25) is 0 Å². The van der Waals surface area contributed by atoms with Gasteiger partial charge >= 0.3 is 5.97 Å². The van der Waals surface area contributed by atoms with Gasteiger partial charge in [0.1, 0.15) is 9.84 Å². The van der Waals surface area contributed by atoms with E-state index in [1.807, 2.05) is 0 Å². The number of carboxylic acid groups (broad SMARTS) is 1. The minimum atomic E-state index is -3.07. The van der Waals surface area contributed by atoms with E-state index >= 15 is 0 Å². The summed E-state index contributed by atoms with van der Waals surface area (Å²) < 4.78 is 23.8. The lowest BCUT2D eigenvalue weighted by atomic mass is 10.0. The molecule has 5 nitrogen and oxygen atoms in total. The van der Waals surface area contributed by atoms with Crippen LogP contribution in [0.25, 0.3) is 0 Å². The minimum Gasteiger partial charge on any atom is -0.481 e. The first kappa shape index (κ1) is 23.4. The summed E-state index contributed by atoms with van der Waals surface area (Å²) in [5.74, 6) is -0.776. The molecule has 0 aliphatic heterocycles. The van der Waals surface area contributed by atoms with Crippen molar-refractivity contribution in [3.63, 3.8) is 0 Å².